The van der Waals surface area contributed by atoms with Gasteiger partial charge in [0.05, 0.1) is 12.5 Å². The van der Waals surface area contributed by atoms with Crippen LogP contribution in [0, 0.1) is 5.92 Å². The highest BCUT2D eigenvalue weighted by molar-refractivity contribution is 6.02. The molecule has 2 atom stereocenters. The topological polar surface area (TPSA) is 127 Å². The van der Waals surface area contributed by atoms with Crippen LogP contribution in [0.4, 0.5) is 5.82 Å². The molecule has 246 valence electrons. The Labute approximate surface area is 276 Å². The maximum absolute atomic E-state index is 14.1. The van der Waals surface area contributed by atoms with Gasteiger partial charge in [-0.05, 0) is 128 Å². The summed E-state index contributed by atoms with van der Waals surface area (Å²) in [5.74, 6) is 1.15. The smallest absolute Gasteiger partial charge is 0.161 e. The molecular formula is C39H45N3O5. The summed E-state index contributed by atoms with van der Waals surface area (Å²) in [6.07, 6.45) is 14.3. The largest absolute Gasteiger partial charge is 0.508 e. The summed E-state index contributed by atoms with van der Waals surface area (Å²) in [4.78, 5) is 34.0. The molecule has 5 N–H and O–H groups in total. The molecule has 0 amide bonds. The number of aryl methyl sites for hydroxylation is 2. The molecule has 2 aliphatic rings. The third-order valence-corrected chi connectivity index (χ3v) is 9.60. The van der Waals surface area contributed by atoms with Crippen LogP contribution in [0.2, 0.25) is 0 Å². The van der Waals surface area contributed by atoms with Crippen LogP contribution in [-0.2, 0) is 22.4 Å². The molecule has 8 nitrogen and oxygen atoms in total. The van der Waals surface area contributed by atoms with Crippen LogP contribution in [0.5, 0.6) is 17.2 Å². The van der Waals surface area contributed by atoms with Crippen LogP contribution in [0.3, 0.4) is 0 Å². The fourth-order valence-electron chi connectivity index (χ4n) is 7.18. The van der Waals surface area contributed by atoms with E-state index in [1.54, 1.807) is 18.2 Å². The summed E-state index contributed by atoms with van der Waals surface area (Å²) in [5.41, 5.74) is 5.11. The van der Waals surface area contributed by atoms with E-state index >= 15 is 0 Å². The molecule has 0 radical (unpaired) electrons. The SMILES string of the molecule is O=C(CCc1ccc(O)c(OC2CCCC2)c1)CC(=O)C1C(CNc2ccc[nH]2)=Cc2[nH]ccc2C1CCCCc1cccc(O)c1. The number of anilines is 1. The van der Waals surface area contributed by atoms with Gasteiger partial charge in [0.25, 0.3) is 0 Å². The van der Waals surface area contributed by atoms with Gasteiger partial charge in [0.15, 0.2) is 11.5 Å². The lowest BCUT2D eigenvalue weighted by molar-refractivity contribution is -0.129. The number of benzene rings is 2. The average Bonchev–Trinajstić information content (AvgIpc) is 3.86. The van der Waals surface area contributed by atoms with E-state index in [9.17, 15) is 19.8 Å². The van der Waals surface area contributed by atoms with Gasteiger partial charge in [-0.3, -0.25) is 9.59 Å². The number of rotatable bonds is 16. The van der Waals surface area contributed by atoms with Gasteiger partial charge in [-0.15, -0.1) is 0 Å². The number of H-pyrrole nitrogens is 2. The van der Waals surface area contributed by atoms with Gasteiger partial charge in [-0.1, -0.05) is 24.6 Å². The number of fused-ring (bicyclic) bond motifs is 1. The fraction of sp³-hybridized carbons (Fsp3) is 0.385. The van der Waals surface area contributed by atoms with Gasteiger partial charge in [0.1, 0.15) is 23.1 Å². The summed E-state index contributed by atoms with van der Waals surface area (Å²) in [7, 11) is 0. The highest BCUT2D eigenvalue weighted by atomic mass is 16.5. The van der Waals surface area contributed by atoms with Crippen molar-refractivity contribution in [2.45, 2.75) is 82.7 Å². The number of aromatic hydroxyl groups is 2. The highest BCUT2D eigenvalue weighted by Gasteiger charge is 2.37. The third-order valence-electron chi connectivity index (χ3n) is 9.60. The minimum absolute atomic E-state index is 0.0430. The van der Waals surface area contributed by atoms with Crippen molar-refractivity contribution < 1.29 is 24.5 Å². The summed E-state index contributed by atoms with van der Waals surface area (Å²) in [6, 6.07) is 18.6. The number of carbonyl (C=O) groups excluding carboxylic acids is 2. The zero-order valence-electron chi connectivity index (χ0n) is 26.8. The predicted octanol–water partition coefficient (Wildman–Crippen LogP) is 7.86. The minimum atomic E-state index is -0.412. The van der Waals surface area contributed by atoms with E-state index in [0.717, 1.165) is 85.1 Å². The molecule has 2 aliphatic carbocycles. The van der Waals surface area contributed by atoms with E-state index in [1.165, 1.54) is 0 Å². The second-order valence-electron chi connectivity index (χ2n) is 13.0. The molecule has 8 heteroatoms. The highest BCUT2D eigenvalue weighted by Crippen LogP contribution is 2.42. The molecule has 0 aliphatic heterocycles. The molecule has 1 fully saturated rings. The molecule has 4 aromatic rings. The summed E-state index contributed by atoms with van der Waals surface area (Å²) in [6.45, 7) is 0.487. The van der Waals surface area contributed by atoms with Gasteiger partial charge >= 0.3 is 0 Å². The average molecular weight is 636 g/mol. The van der Waals surface area contributed by atoms with Crippen molar-refractivity contribution >= 4 is 23.5 Å². The van der Waals surface area contributed by atoms with Crippen molar-refractivity contribution in [1.29, 1.82) is 0 Å². The van der Waals surface area contributed by atoms with Gasteiger partial charge in [0.2, 0.25) is 0 Å². The first-order chi connectivity index (χ1) is 22.9. The Kier molecular flexibility index (Phi) is 10.5. The summed E-state index contributed by atoms with van der Waals surface area (Å²) in [5, 5.41) is 23.6. The zero-order chi connectivity index (χ0) is 32.6. The molecule has 0 spiro atoms. The number of aromatic amines is 2. The van der Waals surface area contributed by atoms with Crippen LogP contribution in [0.1, 0.15) is 86.1 Å². The minimum Gasteiger partial charge on any atom is -0.508 e. The van der Waals surface area contributed by atoms with Crippen molar-refractivity contribution in [3.8, 4) is 17.2 Å². The van der Waals surface area contributed by atoms with Crippen molar-refractivity contribution in [2.24, 2.45) is 5.92 Å². The number of ether oxygens (including phenoxy) is 1. The number of hydrogen-bond donors (Lipinski definition) is 5. The van der Waals surface area contributed by atoms with E-state index in [1.807, 2.05) is 48.8 Å². The second-order valence-corrected chi connectivity index (χ2v) is 13.0. The number of hydrogen-bond acceptors (Lipinski definition) is 6. The Morgan fingerprint density at radius 2 is 1.74 bits per heavy atom. The first-order valence-electron chi connectivity index (χ1n) is 17.0. The number of ketones is 2. The van der Waals surface area contributed by atoms with Crippen molar-refractivity contribution in [3.05, 3.63) is 101 Å². The molecule has 2 heterocycles. The van der Waals surface area contributed by atoms with E-state index < -0.39 is 5.92 Å². The Morgan fingerprint density at radius 1 is 0.894 bits per heavy atom. The van der Waals surface area contributed by atoms with E-state index in [4.69, 9.17) is 4.74 Å². The van der Waals surface area contributed by atoms with E-state index in [0.29, 0.717) is 18.7 Å². The summed E-state index contributed by atoms with van der Waals surface area (Å²) < 4.78 is 6.05. The normalized spacial score (nSPS) is 17.7. The maximum Gasteiger partial charge on any atom is 0.161 e. The van der Waals surface area contributed by atoms with Gasteiger partial charge in [-0.2, -0.15) is 0 Å². The molecule has 47 heavy (non-hydrogen) atoms. The lowest BCUT2D eigenvalue weighted by atomic mass is 9.71. The Hall–Kier alpha value is -4.72. The van der Waals surface area contributed by atoms with E-state index in [-0.39, 0.29) is 47.9 Å². The number of unbranched alkanes of at least 4 members (excludes halogenated alkanes) is 1. The molecular weight excluding hydrogens is 590 g/mol. The number of phenols is 2. The standard InChI is InChI=1S/C39H45N3O5/c43-29-9-5-8-26(21-29)7-1-4-12-33-32-18-20-40-34(32)23-28(25-42-38-13-6-19-41-38)39(33)36(46)24-30(44)16-14-27-15-17-35(45)37(22-27)47-31-10-2-3-11-31/h5-6,8-9,13,15,17-23,31,33,39-43,45H,1-4,7,10-12,14,16,24-25H2. The second kappa shape index (κ2) is 15.2. The first-order valence-corrected chi connectivity index (χ1v) is 17.0. The summed E-state index contributed by atoms with van der Waals surface area (Å²) >= 11 is 0. The lowest BCUT2D eigenvalue weighted by Gasteiger charge is -2.32. The Morgan fingerprint density at radius 3 is 2.55 bits per heavy atom. The quantitative estimate of drug-likeness (QED) is 0.0630. The van der Waals surface area contributed by atoms with Crippen LogP contribution in [0.15, 0.2) is 78.6 Å². The van der Waals surface area contributed by atoms with Gasteiger partial charge < -0.3 is 30.2 Å². The first kappa shape index (κ1) is 32.2. The van der Waals surface area contributed by atoms with Crippen LogP contribution < -0.4 is 10.1 Å². The van der Waals surface area contributed by atoms with E-state index in [2.05, 4.69) is 27.4 Å². The zero-order valence-corrected chi connectivity index (χ0v) is 26.8. The molecule has 0 bridgehead atoms. The number of aromatic nitrogens is 2. The van der Waals surface area contributed by atoms with Gasteiger partial charge in [0, 0.05) is 37.0 Å². The number of carbonyl (C=O) groups is 2. The predicted molar refractivity (Wildman–Crippen MR) is 184 cm³/mol. The van der Waals surface area contributed by atoms with Crippen LogP contribution in [-0.4, -0.2) is 44.4 Å². The fourth-order valence-corrected chi connectivity index (χ4v) is 7.18. The van der Waals surface area contributed by atoms with Crippen molar-refractivity contribution in [2.75, 3.05) is 11.9 Å². The molecule has 1 saturated carbocycles. The van der Waals surface area contributed by atoms with Crippen molar-refractivity contribution in [3.63, 3.8) is 0 Å². The van der Waals surface area contributed by atoms with Crippen LogP contribution in [0.25, 0.3) is 6.08 Å². The molecule has 2 aromatic carbocycles. The third kappa shape index (κ3) is 8.36. The molecule has 2 unspecified atom stereocenters. The Bertz CT molecular complexity index is 1680. The van der Waals surface area contributed by atoms with Crippen molar-refractivity contribution in [1.82, 2.24) is 9.97 Å². The molecule has 2 aromatic heterocycles. The van der Waals surface area contributed by atoms with Crippen LogP contribution >= 0.6 is 0 Å². The molecule has 0 saturated heterocycles. The monoisotopic (exact) mass is 635 g/mol. The van der Waals surface area contributed by atoms with Gasteiger partial charge in [-0.25, -0.2) is 0 Å². The number of phenolic OH excluding ortho intramolecular Hbond substituents is 2. The lowest BCUT2D eigenvalue weighted by Crippen LogP contribution is -2.31. The maximum atomic E-state index is 14.1. The number of nitrogens with one attached hydrogen (secondary N) is 3. The Balaban J connectivity index is 1.13. The number of Topliss-reactive ketones (excluding diaryl/α,β-unsaturated/α-hetero) is 2. The molecule has 6 rings (SSSR count).